The largest absolute Gasteiger partial charge is 0.478 e. The molecule has 11 heteroatoms. The summed E-state index contributed by atoms with van der Waals surface area (Å²) in [5.74, 6) is 0.0599. The molecule has 11 nitrogen and oxygen atoms in total. The SMILES string of the molecule is CC(C)(C)O.Cc1ccc(O[C@@H]2CCN(c3ccccc3C(=O)O)C2)nc1.Cc1ccc(O[C@@H]2CCN(c3ccccc3C(=O)OC(C)(C)C)C2)nc1. The van der Waals surface area contributed by atoms with Crippen molar-refractivity contribution in [1.29, 1.82) is 0 Å². The molecule has 0 saturated carbocycles. The highest BCUT2D eigenvalue weighted by atomic mass is 16.6. The molecule has 0 amide bonds. The van der Waals surface area contributed by atoms with E-state index < -0.39 is 17.2 Å². The van der Waals surface area contributed by atoms with Crippen molar-refractivity contribution in [3.05, 3.63) is 107 Å². The first-order chi connectivity index (χ1) is 24.9. The molecule has 2 aromatic heterocycles. The van der Waals surface area contributed by atoms with Gasteiger partial charge in [-0.25, -0.2) is 19.6 Å². The lowest BCUT2D eigenvalue weighted by atomic mass is 10.1. The van der Waals surface area contributed by atoms with Crippen LogP contribution in [0.4, 0.5) is 11.4 Å². The summed E-state index contributed by atoms with van der Waals surface area (Å²) < 4.78 is 17.4. The molecular formula is C42H54N4O7. The number of carboxylic acid groups (broad SMARTS) is 1. The second kappa shape index (κ2) is 18.1. The van der Waals surface area contributed by atoms with Crippen LogP contribution in [-0.4, -0.2) is 81.7 Å². The average molecular weight is 727 g/mol. The fraction of sp³-hybridized carbons (Fsp3) is 0.429. The molecule has 0 aliphatic carbocycles. The number of aromatic carboxylic acids is 1. The van der Waals surface area contributed by atoms with Gasteiger partial charge in [-0.05, 0) is 90.8 Å². The van der Waals surface area contributed by atoms with Gasteiger partial charge in [-0.1, -0.05) is 36.4 Å². The molecule has 284 valence electrons. The molecule has 2 atom stereocenters. The maximum Gasteiger partial charge on any atom is 0.340 e. The predicted molar refractivity (Wildman–Crippen MR) is 207 cm³/mol. The number of hydrogen-bond acceptors (Lipinski definition) is 10. The van der Waals surface area contributed by atoms with Crippen LogP contribution in [0.3, 0.4) is 0 Å². The second-order valence-electron chi connectivity index (χ2n) is 15.3. The monoisotopic (exact) mass is 726 g/mol. The molecule has 53 heavy (non-hydrogen) atoms. The summed E-state index contributed by atoms with van der Waals surface area (Å²) in [4.78, 5) is 36.7. The minimum Gasteiger partial charge on any atom is -0.478 e. The topological polar surface area (TPSA) is 135 Å². The van der Waals surface area contributed by atoms with E-state index in [9.17, 15) is 14.7 Å². The van der Waals surface area contributed by atoms with Gasteiger partial charge in [0.25, 0.3) is 0 Å². The van der Waals surface area contributed by atoms with Crippen LogP contribution in [0.15, 0.2) is 85.2 Å². The number of aromatic nitrogens is 2. The summed E-state index contributed by atoms with van der Waals surface area (Å²) in [5, 5.41) is 17.8. The van der Waals surface area contributed by atoms with E-state index in [0.29, 0.717) is 29.4 Å². The van der Waals surface area contributed by atoms with E-state index >= 15 is 0 Å². The Balaban J connectivity index is 0.000000212. The maximum absolute atomic E-state index is 12.6. The highest BCUT2D eigenvalue weighted by Crippen LogP contribution is 2.29. The van der Waals surface area contributed by atoms with Gasteiger partial charge >= 0.3 is 11.9 Å². The van der Waals surface area contributed by atoms with Crippen LogP contribution >= 0.6 is 0 Å². The highest BCUT2D eigenvalue weighted by molar-refractivity contribution is 5.96. The molecule has 2 fully saturated rings. The quantitative estimate of drug-likeness (QED) is 0.175. The molecule has 0 unspecified atom stereocenters. The smallest absolute Gasteiger partial charge is 0.340 e. The third-order valence-electron chi connectivity index (χ3n) is 7.97. The molecule has 4 aromatic rings. The van der Waals surface area contributed by atoms with Gasteiger partial charge < -0.3 is 34.2 Å². The van der Waals surface area contributed by atoms with Gasteiger partial charge in [0.1, 0.15) is 17.8 Å². The molecule has 2 N–H and O–H groups in total. The molecule has 6 rings (SSSR count). The zero-order valence-electron chi connectivity index (χ0n) is 32.2. The second-order valence-corrected chi connectivity index (χ2v) is 15.3. The molecular weight excluding hydrogens is 672 g/mol. The summed E-state index contributed by atoms with van der Waals surface area (Å²) in [6.07, 6.45) is 5.40. The van der Waals surface area contributed by atoms with Crippen LogP contribution in [0, 0.1) is 13.8 Å². The van der Waals surface area contributed by atoms with Crippen LogP contribution in [0.25, 0.3) is 0 Å². The van der Waals surface area contributed by atoms with Crippen molar-refractivity contribution in [3.8, 4) is 11.8 Å². The number of carboxylic acids is 1. The minimum absolute atomic E-state index is 0.0251. The first-order valence-corrected chi connectivity index (χ1v) is 18.0. The molecule has 2 saturated heterocycles. The number of esters is 1. The average Bonchev–Trinajstić information content (AvgIpc) is 3.76. The molecule has 0 radical (unpaired) electrons. The van der Waals surface area contributed by atoms with Crippen LogP contribution < -0.4 is 19.3 Å². The van der Waals surface area contributed by atoms with Gasteiger partial charge in [0, 0.05) is 50.5 Å². The van der Waals surface area contributed by atoms with E-state index in [1.165, 1.54) is 0 Å². The van der Waals surface area contributed by atoms with Crippen LogP contribution in [0.1, 0.15) is 86.2 Å². The Morgan fingerprint density at radius 2 is 1.09 bits per heavy atom. The number of anilines is 2. The van der Waals surface area contributed by atoms with Crippen molar-refractivity contribution in [2.45, 2.75) is 91.6 Å². The van der Waals surface area contributed by atoms with Gasteiger partial charge in [-0.3, -0.25) is 0 Å². The van der Waals surface area contributed by atoms with Crippen LogP contribution in [-0.2, 0) is 4.74 Å². The predicted octanol–water partition coefficient (Wildman–Crippen LogP) is 7.53. The number of rotatable bonds is 8. The Bertz CT molecular complexity index is 1780. The van der Waals surface area contributed by atoms with Gasteiger partial charge in [0.05, 0.1) is 41.2 Å². The fourth-order valence-electron chi connectivity index (χ4n) is 5.66. The van der Waals surface area contributed by atoms with E-state index in [1.54, 1.807) is 45.3 Å². The third kappa shape index (κ3) is 13.4. The number of aliphatic hydroxyl groups is 1. The lowest BCUT2D eigenvalue weighted by molar-refractivity contribution is 0.00699. The Labute approximate surface area is 313 Å². The van der Waals surface area contributed by atoms with Crippen molar-refractivity contribution in [2.24, 2.45) is 0 Å². The van der Waals surface area contributed by atoms with Crippen molar-refractivity contribution in [1.82, 2.24) is 9.97 Å². The normalized spacial score (nSPS) is 16.8. The number of benzene rings is 2. The summed E-state index contributed by atoms with van der Waals surface area (Å²) in [6.45, 7) is 17.8. The lowest BCUT2D eigenvalue weighted by Crippen LogP contribution is -2.28. The first-order valence-electron chi connectivity index (χ1n) is 18.0. The minimum atomic E-state index is -0.903. The number of hydrogen-bond donors (Lipinski definition) is 2. The van der Waals surface area contributed by atoms with Crippen LogP contribution in [0.5, 0.6) is 11.8 Å². The number of carbonyl (C=O) groups excluding carboxylic acids is 1. The van der Waals surface area contributed by atoms with E-state index in [2.05, 4.69) is 19.8 Å². The van der Waals surface area contributed by atoms with E-state index in [0.717, 1.165) is 55.0 Å². The van der Waals surface area contributed by atoms with Gasteiger partial charge in [-0.2, -0.15) is 0 Å². The fourth-order valence-corrected chi connectivity index (χ4v) is 5.66. The summed E-state index contributed by atoms with van der Waals surface area (Å²) in [7, 11) is 0. The summed E-state index contributed by atoms with van der Waals surface area (Å²) in [6, 6.07) is 22.4. The summed E-state index contributed by atoms with van der Waals surface area (Å²) >= 11 is 0. The molecule has 2 aliphatic rings. The zero-order valence-corrected chi connectivity index (χ0v) is 32.2. The molecule has 2 aromatic carbocycles. The van der Waals surface area contributed by atoms with Gasteiger partial charge in [-0.15, -0.1) is 0 Å². The standard InChI is InChI=1S/C21H26N2O3.C17H18N2O3.C4H10O/c1-15-9-10-19(22-13-15)25-16-11-12-23(14-16)18-8-6-5-7-17(18)20(24)26-21(2,3)4;1-12-6-7-16(18-10-12)22-13-8-9-19(11-13)15-5-3-2-4-14(15)17(20)21;1-4(2,3)5/h5-10,13,16H,11-12,14H2,1-4H3;2-7,10,13H,8-9,11H2,1H3,(H,20,21);5H,1-3H3/t16-;13-;/m11./s1. The number of carbonyl (C=O) groups is 2. The van der Waals surface area contributed by atoms with E-state index in [4.69, 9.17) is 19.3 Å². The Morgan fingerprint density at radius 3 is 1.49 bits per heavy atom. The summed E-state index contributed by atoms with van der Waals surface area (Å²) in [5.41, 5.74) is 3.75. The number of pyridine rings is 2. The number of aryl methyl sites for hydroxylation is 2. The Kier molecular flexibility index (Phi) is 13.8. The number of ether oxygens (including phenoxy) is 3. The van der Waals surface area contributed by atoms with Crippen molar-refractivity contribution < 1.29 is 34.0 Å². The molecule has 4 heterocycles. The maximum atomic E-state index is 12.6. The van der Waals surface area contributed by atoms with Gasteiger partial charge in [0.2, 0.25) is 11.8 Å². The number of nitrogens with zero attached hydrogens (tertiary/aromatic N) is 4. The lowest BCUT2D eigenvalue weighted by Gasteiger charge is -2.24. The molecule has 0 spiro atoms. The van der Waals surface area contributed by atoms with Crippen molar-refractivity contribution >= 4 is 23.3 Å². The highest BCUT2D eigenvalue weighted by Gasteiger charge is 2.29. The van der Waals surface area contributed by atoms with Gasteiger partial charge in [0.15, 0.2) is 0 Å². The molecule has 2 aliphatic heterocycles. The van der Waals surface area contributed by atoms with Crippen LogP contribution in [0.2, 0.25) is 0 Å². The first kappa shape index (κ1) is 40.6. The van der Waals surface area contributed by atoms with E-state index in [1.807, 2.05) is 95.3 Å². The Hall–Kier alpha value is -5.16. The molecule has 0 bridgehead atoms. The third-order valence-corrected chi connectivity index (χ3v) is 7.97. The van der Waals surface area contributed by atoms with Crippen molar-refractivity contribution in [2.75, 3.05) is 36.0 Å². The zero-order chi connectivity index (χ0) is 38.8. The van der Waals surface area contributed by atoms with Crippen molar-refractivity contribution in [3.63, 3.8) is 0 Å². The number of para-hydroxylation sites is 2. The Morgan fingerprint density at radius 1 is 0.679 bits per heavy atom. The van der Waals surface area contributed by atoms with E-state index in [-0.39, 0.29) is 18.2 Å².